The first-order chi connectivity index (χ1) is 15.3. The Kier molecular flexibility index (Phi) is 6.57. The van der Waals surface area contributed by atoms with Crippen molar-refractivity contribution in [1.29, 1.82) is 0 Å². The number of hydrogen-bond acceptors (Lipinski definition) is 6. The van der Waals surface area contributed by atoms with Crippen molar-refractivity contribution in [3.05, 3.63) is 108 Å². The number of aromatic nitrogens is 1. The summed E-state index contributed by atoms with van der Waals surface area (Å²) in [5.74, 6) is 0. The third-order valence-electron chi connectivity index (χ3n) is 4.81. The molecule has 32 heavy (non-hydrogen) atoms. The van der Waals surface area contributed by atoms with E-state index in [1.54, 1.807) is 24.4 Å². The standard InChI is InChI=1S/C24H21ClN2O4S/c1-27(2)21-13-11-18(12-14-21)20-16-23(19-8-4-3-5-9-19)32(31-25(28,29)30)24(17-20)22-10-6-7-15-26-22/h3-17H,1-2H3. The number of nitrogens with zero attached hydrogens (tertiary/aromatic N) is 2. The molecule has 0 N–H and O–H groups in total. The van der Waals surface area contributed by atoms with Crippen molar-refractivity contribution in [3.63, 3.8) is 0 Å². The molecule has 6 nitrogen and oxygen atoms in total. The van der Waals surface area contributed by atoms with Gasteiger partial charge >= 0.3 is 0 Å². The van der Waals surface area contributed by atoms with Gasteiger partial charge in [-0.3, -0.25) is 4.98 Å². The normalized spacial score (nSPS) is 16.4. The predicted molar refractivity (Wildman–Crippen MR) is 120 cm³/mol. The van der Waals surface area contributed by atoms with Gasteiger partial charge < -0.3 is 4.90 Å². The average Bonchev–Trinajstić information content (AvgIpc) is 2.79. The Bertz CT molecular complexity index is 1190. The molecule has 4 rings (SSSR count). The molecule has 0 saturated heterocycles. The second kappa shape index (κ2) is 9.38. The molecule has 0 bridgehead atoms. The maximum absolute atomic E-state index is 11.6. The lowest BCUT2D eigenvalue weighted by Crippen LogP contribution is -2.60. The highest BCUT2D eigenvalue weighted by molar-refractivity contribution is 8.20. The summed E-state index contributed by atoms with van der Waals surface area (Å²) in [4.78, 5) is 7.51. The summed E-state index contributed by atoms with van der Waals surface area (Å²) in [6.07, 6.45) is 5.33. The molecular weight excluding hydrogens is 448 g/mol. The number of rotatable bonds is 6. The summed E-state index contributed by atoms with van der Waals surface area (Å²) in [7, 11) is -2.19. The molecule has 0 spiro atoms. The highest BCUT2D eigenvalue weighted by Crippen LogP contribution is 2.44. The average molecular weight is 469 g/mol. The molecule has 1 aliphatic heterocycles. The highest BCUT2D eigenvalue weighted by Gasteiger charge is 2.32. The van der Waals surface area contributed by atoms with Gasteiger partial charge in [-0.15, -0.1) is 0 Å². The molecule has 3 aromatic rings. The van der Waals surface area contributed by atoms with Gasteiger partial charge in [-0.2, -0.15) is 14.0 Å². The van der Waals surface area contributed by atoms with Crippen LogP contribution in [-0.4, -0.2) is 23.9 Å². The fourth-order valence-electron chi connectivity index (χ4n) is 3.28. The van der Waals surface area contributed by atoms with Crippen LogP contribution in [0.4, 0.5) is 5.69 Å². The van der Waals surface area contributed by atoms with Gasteiger partial charge in [0.25, 0.3) is 0 Å². The molecule has 8 heteroatoms. The summed E-state index contributed by atoms with van der Waals surface area (Å²) >= 11 is 0. The molecular formula is C24H21ClN2O4S. The van der Waals surface area contributed by atoms with E-state index >= 15 is 0 Å². The largest absolute Gasteiger partial charge is 0.378 e. The van der Waals surface area contributed by atoms with Gasteiger partial charge in [-0.25, -0.2) is 0 Å². The minimum atomic E-state index is -4.66. The van der Waals surface area contributed by atoms with Gasteiger partial charge in [-0.1, -0.05) is 48.5 Å². The molecule has 2 heterocycles. The number of allylic oxidation sites excluding steroid dienone is 3. The lowest BCUT2D eigenvalue weighted by molar-refractivity contribution is -1.91. The number of benzene rings is 2. The lowest BCUT2D eigenvalue weighted by Gasteiger charge is -2.21. The summed E-state index contributed by atoms with van der Waals surface area (Å²) in [6.45, 7) is 0. The van der Waals surface area contributed by atoms with Crippen molar-refractivity contribution in [1.82, 2.24) is 4.98 Å². The Morgan fingerprint density at radius 3 is 2.09 bits per heavy atom. The smallest absolute Gasteiger partial charge is 0.149 e. The molecule has 0 aliphatic carbocycles. The van der Waals surface area contributed by atoms with Crippen LogP contribution in [0.3, 0.4) is 0 Å². The first kappa shape index (κ1) is 22.4. The Balaban J connectivity index is 1.94. The fraction of sp³-hybridized carbons (Fsp3) is 0.0833. The van der Waals surface area contributed by atoms with E-state index in [0.29, 0.717) is 15.5 Å². The van der Waals surface area contributed by atoms with Gasteiger partial charge in [0, 0.05) is 26.0 Å². The van der Waals surface area contributed by atoms with Crippen LogP contribution >= 0.6 is 10.8 Å². The third kappa shape index (κ3) is 5.16. The van der Waals surface area contributed by atoms with Crippen LogP contribution in [0.1, 0.15) is 16.8 Å². The molecule has 2 aromatic carbocycles. The van der Waals surface area contributed by atoms with E-state index in [2.05, 4.69) is 4.98 Å². The quantitative estimate of drug-likeness (QED) is 0.513. The van der Waals surface area contributed by atoms with Crippen LogP contribution in [0.15, 0.2) is 91.1 Å². The monoisotopic (exact) mass is 468 g/mol. The van der Waals surface area contributed by atoms with Gasteiger partial charge in [0.2, 0.25) is 0 Å². The van der Waals surface area contributed by atoms with E-state index in [9.17, 15) is 14.0 Å². The van der Waals surface area contributed by atoms with Gasteiger partial charge in [-0.05, 0) is 53.1 Å². The van der Waals surface area contributed by atoms with Crippen LogP contribution in [0.5, 0.6) is 0 Å². The molecule has 0 amide bonds. The third-order valence-corrected chi connectivity index (χ3v) is 7.41. The SMILES string of the molecule is CN(C)c1ccc(C2=CC(c3ccccc3)=S(O[Cl+3]([O-])([O-])[O-])C(c3ccccn3)=C2)cc1. The first-order valence-electron chi connectivity index (χ1n) is 9.72. The number of hydrogen-bond donors (Lipinski definition) is 0. The maximum Gasteiger partial charge on any atom is 0.149 e. The fourth-order valence-corrected chi connectivity index (χ4v) is 5.81. The van der Waals surface area contributed by atoms with E-state index < -0.39 is 21.0 Å². The van der Waals surface area contributed by atoms with Crippen molar-refractivity contribution >= 4 is 31.8 Å². The van der Waals surface area contributed by atoms with Gasteiger partial charge in [0.1, 0.15) is 14.5 Å². The van der Waals surface area contributed by atoms with E-state index in [-0.39, 0.29) is 0 Å². The van der Waals surface area contributed by atoms with Crippen molar-refractivity contribution in [2.75, 3.05) is 19.0 Å². The van der Waals surface area contributed by atoms with Crippen LogP contribution in [0.2, 0.25) is 0 Å². The molecule has 0 fully saturated rings. The van der Waals surface area contributed by atoms with Crippen molar-refractivity contribution < 1.29 is 28.0 Å². The van der Waals surface area contributed by atoms with E-state index in [0.717, 1.165) is 22.4 Å². The van der Waals surface area contributed by atoms with Crippen molar-refractivity contribution in [2.45, 2.75) is 0 Å². The number of anilines is 1. The van der Waals surface area contributed by atoms with Gasteiger partial charge in [0.15, 0.2) is 0 Å². The number of pyridine rings is 1. The van der Waals surface area contributed by atoms with Crippen LogP contribution in [0.25, 0.3) is 10.5 Å². The van der Waals surface area contributed by atoms with Crippen LogP contribution < -0.4 is 18.9 Å². The Morgan fingerprint density at radius 2 is 1.50 bits per heavy atom. The van der Waals surface area contributed by atoms with E-state index in [1.807, 2.05) is 85.7 Å². The Labute approximate surface area is 191 Å². The molecule has 164 valence electrons. The Hall–Kier alpha value is -2.78. The molecule has 0 saturated carbocycles. The first-order valence-corrected chi connectivity index (χ1v) is 12.1. The zero-order chi connectivity index (χ0) is 22.7. The summed E-state index contributed by atoms with van der Waals surface area (Å²) < 4.78 is 39.9. The second-order valence-electron chi connectivity index (χ2n) is 7.20. The molecule has 0 radical (unpaired) electrons. The molecule has 1 atom stereocenters. The number of halogens is 1. The van der Waals surface area contributed by atoms with Crippen molar-refractivity contribution in [3.8, 4) is 0 Å². The topological polar surface area (TPSA) is 94.5 Å². The summed E-state index contributed by atoms with van der Waals surface area (Å²) in [5.41, 5.74) is 4.17. The Morgan fingerprint density at radius 1 is 0.812 bits per heavy atom. The van der Waals surface area contributed by atoms with Gasteiger partial charge in [0.05, 0.1) is 25.7 Å². The van der Waals surface area contributed by atoms with Crippen LogP contribution in [-0.2, 0) is 3.74 Å². The van der Waals surface area contributed by atoms with E-state index in [1.165, 1.54) is 0 Å². The molecule has 1 aromatic heterocycles. The van der Waals surface area contributed by atoms with E-state index in [4.69, 9.17) is 3.74 Å². The minimum absolute atomic E-state index is 0.519. The predicted octanol–water partition coefficient (Wildman–Crippen LogP) is 1.90. The molecule has 1 unspecified atom stereocenters. The molecule has 1 aliphatic rings. The minimum Gasteiger partial charge on any atom is -0.378 e. The lowest BCUT2D eigenvalue weighted by atomic mass is 10.0. The zero-order valence-corrected chi connectivity index (χ0v) is 19.0. The van der Waals surface area contributed by atoms with Crippen molar-refractivity contribution in [2.24, 2.45) is 0 Å². The van der Waals surface area contributed by atoms with Crippen LogP contribution in [0, 0.1) is 10.2 Å². The highest BCUT2D eigenvalue weighted by atomic mass is 35.7. The zero-order valence-electron chi connectivity index (χ0n) is 17.5. The second-order valence-corrected chi connectivity index (χ2v) is 9.88. The summed E-state index contributed by atoms with van der Waals surface area (Å²) in [5, 5.41) is 0. The summed E-state index contributed by atoms with van der Waals surface area (Å²) in [6, 6.07) is 22.7. The maximum atomic E-state index is 11.6.